The Hall–Kier alpha value is -1.63. The molecule has 2 heterocycles. The Kier molecular flexibility index (Phi) is 1.66. The molecule has 0 amide bonds. The molecule has 7 heteroatoms. The zero-order chi connectivity index (χ0) is 9.42. The summed E-state index contributed by atoms with van der Waals surface area (Å²) in [7, 11) is 0. The minimum Gasteiger partial charge on any atom is -0.294 e. The highest BCUT2D eigenvalue weighted by molar-refractivity contribution is 7.56. The fourth-order valence-electron chi connectivity index (χ4n) is 1.06. The van der Waals surface area contributed by atoms with Crippen molar-refractivity contribution in [1.29, 1.82) is 0 Å². The van der Waals surface area contributed by atoms with Crippen LogP contribution < -0.4 is 5.56 Å². The highest BCUT2D eigenvalue weighted by Gasteiger charge is 2.05. The maximum absolute atomic E-state index is 12.9. The first-order valence-corrected chi connectivity index (χ1v) is 4.08. The Bertz CT molecular complexity index is 604. The summed E-state index contributed by atoms with van der Waals surface area (Å²) in [6.45, 7) is 0. The van der Waals surface area contributed by atoms with Crippen molar-refractivity contribution in [3.05, 3.63) is 33.2 Å². The molecule has 2 N–H and O–H groups in total. The van der Waals surface area contributed by atoms with Crippen molar-refractivity contribution in [2.24, 2.45) is 0 Å². The second kappa shape index (κ2) is 2.70. The number of rotatable bonds is 0. The van der Waals surface area contributed by atoms with Crippen molar-refractivity contribution in [2.75, 3.05) is 0 Å². The molecule has 0 aromatic carbocycles. The van der Waals surface area contributed by atoms with Crippen LogP contribution in [0.1, 0.15) is 0 Å². The van der Waals surface area contributed by atoms with Crippen molar-refractivity contribution in [1.82, 2.24) is 14.6 Å². The van der Waals surface area contributed by atoms with Gasteiger partial charge in [0.2, 0.25) is 4.77 Å². The Morgan fingerprint density at radius 3 is 3.00 bits per heavy atom. The van der Waals surface area contributed by atoms with Gasteiger partial charge < -0.3 is 0 Å². The smallest absolute Gasteiger partial charge is 0.279 e. The summed E-state index contributed by atoms with van der Waals surface area (Å²) in [6, 6.07) is 1.14. The van der Waals surface area contributed by atoms with Gasteiger partial charge in [-0.05, 0) is 6.07 Å². The van der Waals surface area contributed by atoms with E-state index in [1.54, 1.807) is 0 Å². The number of aromatic nitrogens is 3. The predicted molar refractivity (Wildman–Crippen MR) is 43.7 cm³/mol. The Balaban J connectivity index is 3.13. The SMILES string of the molecule is O=S=c1[nH]c(=O)c2c(F)ccn2[nH]1. The number of fused-ring (bicyclic) bond motifs is 1. The van der Waals surface area contributed by atoms with Gasteiger partial charge in [-0.1, -0.05) is 0 Å². The van der Waals surface area contributed by atoms with Gasteiger partial charge >= 0.3 is 0 Å². The molecule has 0 radical (unpaired) electrons. The topological polar surface area (TPSA) is 70.1 Å². The third kappa shape index (κ3) is 1.13. The van der Waals surface area contributed by atoms with Crippen molar-refractivity contribution in [3.63, 3.8) is 0 Å². The van der Waals surface area contributed by atoms with Gasteiger partial charge in [-0.3, -0.25) is 19.4 Å². The minimum atomic E-state index is -0.625. The molecule has 0 atom stereocenters. The first-order valence-electron chi connectivity index (χ1n) is 3.34. The molecule has 0 spiro atoms. The molecule has 68 valence electrons. The number of nitrogens with zero attached hydrogens (tertiary/aromatic N) is 1. The van der Waals surface area contributed by atoms with Gasteiger partial charge in [0.1, 0.15) is 11.3 Å². The third-order valence-electron chi connectivity index (χ3n) is 1.58. The van der Waals surface area contributed by atoms with Crippen LogP contribution in [0, 0.1) is 10.6 Å². The number of aromatic amines is 2. The van der Waals surface area contributed by atoms with E-state index in [1.165, 1.54) is 6.20 Å². The Labute approximate surface area is 73.9 Å². The van der Waals surface area contributed by atoms with Crippen molar-refractivity contribution >= 4 is 16.8 Å². The molecule has 2 aromatic heterocycles. The quantitative estimate of drug-likeness (QED) is 0.581. The number of halogens is 1. The average Bonchev–Trinajstić information content (AvgIpc) is 2.48. The van der Waals surface area contributed by atoms with Gasteiger partial charge in [-0.2, -0.15) is 0 Å². The highest BCUT2D eigenvalue weighted by atomic mass is 32.1. The summed E-state index contributed by atoms with van der Waals surface area (Å²) in [6.07, 6.45) is 1.33. The van der Waals surface area contributed by atoms with Gasteiger partial charge in [0, 0.05) is 6.20 Å². The monoisotopic (exact) mass is 201 g/mol. The second-order valence-electron chi connectivity index (χ2n) is 2.36. The Morgan fingerprint density at radius 2 is 2.31 bits per heavy atom. The van der Waals surface area contributed by atoms with E-state index in [0.29, 0.717) is 0 Å². The molecule has 0 aliphatic rings. The largest absolute Gasteiger partial charge is 0.294 e. The molecule has 2 aromatic rings. The van der Waals surface area contributed by atoms with Gasteiger partial charge in [-0.15, -0.1) is 0 Å². The summed E-state index contributed by atoms with van der Waals surface area (Å²) < 4.78 is 24.4. The van der Waals surface area contributed by atoms with Gasteiger partial charge in [0.15, 0.2) is 11.3 Å². The average molecular weight is 201 g/mol. The lowest BCUT2D eigenvalue weighted by Crippen LogP contribution is -2.13. The molecule has 0 aliphatic carbocycles. The molecule has 0 fully saturated rings. The molecule has 0 saturated carbocycles. The molecule has 5 nitrogen and oxygen atoms in total. The van der Waals surface area contributed by atoms with E-state index >= 15 is 0 Å². The van der Waals surface area contributed by atoms with E-state index in [4.69, 9.17) is 0 Å². The summed E-state index contributed by atoms with van der Waals surface area (Å²) in [5, 5.41) is 2.51. The normalized spacial score (nSPS) is 10.5. The maximum atomic E-state index is 12.9. The first kappa shape index (κ1) is 7.99. The van der Waals surface area contributed by atoms with E-state index in [1.807, 2.05) is 0 Å². The zero-order valence-electron chi connectivity index (χ0n) is 6.20. The fraction of sp³-hybridized carbons (Fsp3) is 0. The molecule has 0 saturated heterocycles. The fourth-order valence-corrected chi connectivity index (χ4v) is 1.33. The minimum absolute atomic E-state index is 0.0353. The van der Waals surface area contributed by atoms with Crippen LogP contribution in [0.15, 0.2) is 17.1 Å². The van der Waals surface area contributed by atoms with Crippen LogP contribution in [0.4, 0.5) is 4.39 Å². The maximum Gasteiger partial charge on any atom is 0.279 e. The van der Waals surface area contributed by atoms with Gasteiger partial charge in [0.25, 0.3) is 5.56 Å². The second-order valence-corrected chi connectivity index (χ2v) is 2.94. The standard InChI is InChI=1S/C6H4FN3O2S/c7-3-1-2-10-4(3)5(11)8-6(9-10)13-12/h1-2,9H,(H,8,11). The molecule has 0 aliphatic heterocycles. The molecular weight excluding hydrogens is 197 g/mol. The molecule has 13 heavy (non-hydrogen) atoms. The summed E-state index contributed by atoms with van der Waals surface area (Å²) in [5.74, 6) is -0.625. The van der Waals surface area contributed by atoms with Crippen LogP contribution >= 0.6 is 0 Å². The van der Waals surface area contributed by atoms with Crippen molar-refractivity contribution in [3.8, 4) is 0 Å². The van der Waals surface area contributed by atoms with Crippen molar-refractivity contribution < 1.29 is 8.60 Å². The number of hydrogen-bond donors (Lipinski definition) is 2. The zero-order valence-corrected chi connectivity index (χ0v) is 7.02. The van der Waals surface area contributed by atoms with Crippen LogP contribution in [0.3, 0.4) is 0 Å². The predicted octanol–water partition coefficient (Wildman–Crippen LogP) is -0.160. The summed E-state index contributed by atoms with van der Waals surface area (Å²) in [5.41, 5.74) is -0.752. The van der Waals surface area contributed by atoms with E-state index in [-0.39, 0.29) is 21.5 Å². The summed E-state index contributed by atoms with van der Waals surface area (Å²) in [4.78, 5) is 13.4. The molecule has 0 bridgehead atoms. The third-order valence-corrected chi connectivity index (χ3v) is 1.94. The Morgan fingerprint density at radius 1 is 1.54 bits per heavy atom. The molecule has 0 unspecified atom stereocenters. The van der Waals surface area contributed by atoms with E-state index in [2.05, 4.69) is 10.1 Å². The van der Waals surface area contributed by atoms with Crippen LogP contribution in [0.2, 0.25) is 0 Å². The van der Waals surface area contributed by atoms with E-state index in [0.717, 1.165) is 10.6 Å². The van der Waals surface area contributed by atoms with Crippen LogP contribution in [0.5, 0.6) is 0 Å². The van der Waals surface area contributed by atoms with Crippen LogP contribution in [-0.4, -0.2) is 18.8 Å². The number of hydrogen-bond acceptors (Lipinski definition) is 2. The van der Waals surface area contributed by atoms with E-state index < -0.39 is 11.4 Å². The molecular formula is C6H4FN3O2S. The van der Waals surface area contributed by atoms with Crippen LogP contribution in [-0.2, 0) is 11.3 Å². The lowest BCUT2D eigenvalue weighted by Gasteiger charge is -1.92. The van der Waals surface area contributed by atoms with E-state index in [9.17, 15) is 13.4 Å². The lowest BCUT2D eigenvalue weighted by molar-refractivity contribution is 0.636. The molecule has 2 rings (SSSR count). The van der Waals surface area contributed by atoms with Crippen molar-refractivity contribution in [2.45, 2.75) is 0 Å². The lowest BCUT2D eigenvalue weighted by atomic mass is 10.5. The highest BCUT2D eigenvalue weighted by Crippen LogP contribution is 2.02. The van der Waals surface area contributed by atoms with Crippen LogP contribution in [0.25, 0.3) is 5.52 Å². The summed E-state index contributed by atoms with van der Waals surface area (Å²) >= 11 is 0.103. The first-order chi connectivity index (χ1) is 6.22. The number of nitrogens with one attached hydrogen (secondary N) is 2. The number of H-pyrrole nitrogens is 2. The van der Waals surface area contributed by atoms with Gasteiger partial charge in [-0.25, -0.2) is 8.60 Å². The van der Waals surface area contributed by atoms with Gasteiger partial charge in [0.05, 0.1) is 0 Å².